The second-order valence-corrected chi connectivity index (χ2v) is 3.96. The van der Waals surface area contributed by atoms with Gasteiger partial charge in [0.15, 0.2) is 0 Å². The fourth-order valence-corrected chi connectivity index (χ4v) is 1.91. The number of aromatic nitrogens is 1. The normalized spacial score (nSPS) is 10.6. The summed E-state index contributed by atoms with van der Waals surface area (Å²) in [7, 11) is 0. The van der Waals surface area contributed by atoms with E-state index >= 15 is 0 Å². The van der Waals surface area contributed by atoms with Crippen LogP contribution < -0.4 is 0 Å². The molecule has 0 spiro atoms. The van der Waals surface area contributed by atoms with E-state index in [1.807, 2.05) is 38.1 Å². The Morgan fingerprint density at radius 1 is 1.38 bits per heavy atom. The molecule has 3 heteroatoms. The summed E-state index contributed by atoms with van der Waals surface area (Å²) in [4.78, 5) is 15.2. The zero-order chi connectivity index (χ0) is 11.7. The highest BCUT2D eigenvalue weighted by Crippen LogP contribution is 2.21. The number of hydrogen-bond donors (Lipinski definition) is 1. The minimum Gasteiger partial charge on any atom is -0.481 e. The number of aryl methyl sites for hydroxylation is 2. The van der Waals surface area contributed by atoms with Crippen LogP contribution in [-0.4, -0.2) is 16.1 Å². The monoisotopic (exact) mass is 215 g/mol. The summed E-state index contributed by atoms with van der Waals surface area (Å²) < 4.78 is 0. The van der Waals surface area contributed by atoms with Crippen molar-refractivity contribution in [2.24, 2.45) is 0 Å². The molecule has 1 aromatic heterocycles. The van der Waals surface area contributed by atoms with Crippen LogP contribution in [0.2, 0.25) is 0 Å². The van der Waals surface area contributed by atoms with E-state index in [0.717, 1.165) is 27.7 Å². The molecule has 2 rings (SSSR count). The lowest BCUT2D eigenvalue weighted by molar-refractivity contribution is -0.136. The maximum atomic E-state index is 10.8. The van der Waals surface area contributed by atoms with Crippen LogP contribution in [0.5, 0.6) is 0 Å². The predicted molar refractivity (Wildman–Crippen MR) is 62.6 cm³/mol. The average Bonchev–Trinajstić information content (AvgIpc) is 2.18. The van der Waals surface area contributed by atoms with Gasteiger partial charge in [-0.05, 0) is 31.0 Å². The van der Waals surface area contributed by atoms with Crippen molar-refractivity contribution in [1.29, 1.82) is 0 Å². The molecule has 0 saturated heterocycles. The van der Waals surface area contributed by atoms with Gasteiger partial charge in [-0.1, -0.05) is 18.2 Å². The van der Waals surface area contributed by atoms with Crippen molar-refractivity contribution in [3.63, 3.8) is 0 Å². The van der Waals surface area contributed by atoms with Crippen molar-refractivity contribution < 1.29 is 9.90 Å². The van der Waals surface area contributed by atoms with Gasteiger partial charge in [-0.25, -0.2) is 0 Å². The molecule has 0 bridgehead atoms. The molecule has 0 aliphatic heterocycles. The summed E-state index contributed by atoms with van der Waals surface area (Å²) in [6, 6.07) is 7.68. The van der Waals surface area contributed by atoms with Gasteiger partial charge < -0.3 is 5.11 Å². The Bertz CT molecular complexity index is 561. The maximum absolute atomic E-state index is 10.8. The van der Waals surface area contributed by atoms with E-state index in [2.05, 4.69) is 4.98 Å². The third-order valence-corrected chi connectivity index (χ3v) is 2.60. The van der Waals surface area contributed by atoms with E-state index in [9.17, 15) is 4.79 Å². The average molecular weight is 215 g/mol. The number of carboxylic acids is 1. The zero-order valence-electron chi connectivity index (χ0n) is 9.32. The van der Waals surface area contributed by atoms with Gasteiger partial charge in [-0.2, -0.15) is 0 Å². The number of rotatable bonds is 2. The summed E-state index contributed by atoms with van der Waals surface area (Å²) in [6.07, 6.45) is 0.0450. The fraction of sp³-hybridized carbons (Fsp3) is 0.231. The zero-order valence-corrected chi connectivity index (χ0v) is 9.32. The first-order chi connectivity index (χ1) is 7.58. The van der Waals surface area contributed by atoms with E-state index in [0.29, 0.717) is 0 Å². The van der Waals surface area contributed by atoms with Gasteiger partial charge in [-0.15, -0.1) is 0 Å². The summed E-state index contributed by atoms with van der Waals surface area (Å²) in [5.41, 5.74) is 3.67. The van der Waals surface area contributed by atoms with Gasteiger partial charge in [0.25, 0.3) is 0 Å². The number of carbonyl (C=O) groups is 1. The number of para-hydroxylation sites is 1. The molecule has 0 aliphatic rings. The Morgan fingerprint density at radius 3 is 2.81 bits per heavy atom. The second kappa shape index (κ2) is 3.93. The Morgan fingerprint density at radius 2 is 2.12 bits per heavy atom. The van der Waals surface area contributed by atoms with Gasteiger partial charge in [0, 0.05) is 11.1 Å². The van der Waals surface area contributed by atoms with E-state index < -0.39 is 5.97 Å². The minimum atomic E-state index is -0.812. The number of benzene rings is 1. The Hall–Kier alpha value is -1.90. The largest absolute Gasteiger partial charge is 0.481 e. The molecule has 0 radical (unpaired) electrons. The van der Waals surface area contributed by atoms with Crippen molar-refractivity contribution in [1.82, 2.24) is 4.98 Å². The van der Waals surface area contributed by atoms with Crippen LogP contribution in [0.4, 0.5) is 0 Å². The third-order valence-electron chi connectivity index (χ3n) is 2.60. The molecule has 0 atom stereocenters. The fourth-order valence-electron chi connectivity index (χ4n) is 1.91. The van der Waals surface area contributed by atoms with Crippen LogP contribution in [0.3, 0.4) is 0 Å². The van der Waals surface area contributed by atoms with Crippen molar-refractivity contribution in [3.05, 3.63) is 41.1 Å². The summed E-state index contributed by atoms with van der Waals surface area (Å²) in [6.45, 7) is 3.87. The van der Waals surface area contributed by atoms with E-state index in [1.165, 1.54) is 0 Å². The van der Waals surface area contributed by atoms with Crippen molar-refractivity contribution in [3.8, 4) is 0 Å². The molecule has 82 valence electrons. The van der Waals surface area contributed by atoms with Crippen LogP contribution in [-0.2, 0) is 11.2 Å². The molecule has 0 fully saturated rings. The molecule has 3 nitrogen and oxygen atoms in total. The molecular formula is C13H13NO2. The van der Waals surface area contributed by atoms with Gasteiger partial charge in [-0.3, -0.25) is 9.78 Å². The van der Waals surface area contributed by atoms with Gasteiger partial charge in [0.1, 0.15) is 0 Å². The summed E-state index contributed by atoms with van der Waals surface area (Å²) in [5.74, 6) is -0.812. The number of nitrogens with zero attached hydrogens (tertiary/aromatic N) is 1. The number of hydrogen-bond acceptors (Lipinski definition) is 2. The lowest BCUT2D eigenvalue weighted by Gasteiger charge is -2.07. The molecule has 0 unspecified atom stereocenters. The molecule has 0 amide bonds. The smallest absolute Gasteiger partial charge is 0.307 e. The van der Waals surface area contributed by atoms with Crippen LogP contribution in [0, 0.1) is 13.8 Å². The molecule has 0 saturated carbocycles. The minimum absolute atomic E-state index is 0.0450. The highest BCUT2D eigenvalue weighted by atomic mass is 16.4. The Labute approximate surface area is 93.7 Å². The quantitative estimate of drug-likeness (QED) is 0.837. The SMILES string of the molecule is Cc1cc(CC(=O)O)c2cccc(C)c2n1. The Kier molecular flexibility index (Phi) is 2.60. The molecule has 0 aliphatic carbocycles. The summed E-state index contributed by atoms with van der Waals surface area (Å²) >= 11 is 0. The number of aliphatic carboxylic acids is 1. The number of fused-ring (bicyclic) bond motifs is 1. The highest BCUT2D eigenvalue weighted by molar-refractivity contribution is 5.88. The highest BCUT2D eigenvalue weighted by Gasteiger charge is 2.08. The Balaban J connectivity index is 2.72. The molecular weight excluding hydrogens is 202 g/mol. The van der Waals surface area contributed by atoms with Crippen LogP contribution >= 0.6 is 0 Å². The van der Waals surface area contributed by atoms with Gasteiger partial charge >= 0.3 is 5.97 Å². The molecule has 1 N–H and O–H groups in total. The number of pyridine rings is 1. The van der Waals surface area contributed by atoms with Crippen molar-refractivity contribution >= 4 is 16.9 Å². The maximum Gasteiger partial charge on any atom is 0.307 e. The third kappa shape index (κ3) is 1.89. The van der Waals surface area contributed by atoms with E-state index in [4.69, 9.17) is 5.11 Å². The second-order valence-electron chi connectivity index (χ2n) is 3.96. The number of carboxylic acid groups (broad SMARTS) is 1. The first kappa shape index (κ1) is 10.6. The molecule has 1 heterocycles. The molecule has 2 aromatic rings. The topological polar surface area (TPSA) is 50.2 Å². The summed E-state index contributed by atoms with van der Waals surface area (Å²) in [5, 5.41) is 9.80. The van der Waals surface area contributed by atoms with Gasteiger partial charge in [0.05, 0.1) is 11.9 Å². The van der Waals surface area contributed by atoms with Crippen LogP contribution in [0.15, 0.2) is 24.3 Å². The van der Waals surface area contributed by atoms with E-state index in [-0.39, 0.29) is 6.42 Å². The van der Waals surface area contributed by atoms with Crippen LogP contribution in [0.1, 0.15) is 16.8 Å². The van der Waals surface area contributed by atoms with Crippen LogP contribution in [0.25, 0.3) is 10.9 Å². The first-order valence-electron chi connectivity index (χ1n) is 5.15. The predicted octanol–water partition coefficient (Wildman–Crippen LogP) is 2.48. The first-order valence-corrected chi connectivity index (χ1v) is 5.15. The lowest BCUT2D eigenvalue weighted by atomic mass is 10.0. The molecule has 16 heavy (non-hydrogen) atoms. The lowest BCUT2D eigenvalue weighted by Crippen LogP contribution is -2.02. The van der Waals surface area contributed by atoms with Gasteiger partial charge in [0.2, 0.25) is 0 Å². The molecule has 1 aromatic carbocycles. The van der Waals surface area contributed by atoms with Crippen molar-refractivity contribution in [2.45, 2.75) is 20.3 Å². The standard InChI is InChI=1S/C13H13NO2/c1-8-4-3-5-11-10(7-12(15)16)6-9(2)14-13(8)11/h3-6H,7H2,1-2H3,(H,15,16). The van der Waals surface area contributed by atoms with E-state index in [1.54, 1.807) is 0 Å². The van der Waals surface area contributed by atoms with Crippen molar-refractivity contribution in [2.75, 3.05) is 0 Å².